The molecule has 0 spiro atoms. The standard InChI is InChI=1S/C8H17N.ClH/c1-6(2)7(3)9-8-4-5-8;/h6-9H,4-5H2,1-3H3;1H/p-1. The van der Waals surface area contributed by atoms with Crippen molar-refractivity contribution in [1.82, 2.24) is 5.32 Å². The average Bonchev–Trinajstić information content (AvgIpc) is 2.50. The largest absolute Gasteiger partial charge is 1.00 e. The molecule has 0 aromatic carbocycles. The van der Waals surface area contributed by atoms with Crippen LogP contribution in [-0.4, -0.2) is 12.1 Å². The van der Waals surface area contributed by atoms with E-state index in [1.165, 1.54) is 12.8 Å². The molecule has 0 aromatic rings. The number of hydrogen-bond acceptors (Lipinski definition) is 1. The van der Waals surface area contributed by atoms with Crippen molar-refractivity contribution < 1.29 is 12.4 Å². The van der Waals surface area contributed by atoms with E-state index >= 15 is 0 Å². The average molecular weight is 163 g/mol. The zero-order valence-corrected chi connectivity index (χ0v) is 7.78. The summed E-state index contributed by atoms with van der Waals surface area (Å²) < 4.78 is 0. The van der Waals surface area contributed by atoms with Crippen LogP contribution in [0.5, 0.6) is 0 Å². The lowest BCUT2D eigenvalue weighted by molar-refractivity contribution is -0.00000225. The molecule has 1 atom stereocenters. The summed E-state index contributed by atoms with van der Waals surface area (Å²) in [5.41, 5.74) is 0. The van der Waals surface area contributed by atoms with Crippen molar-refractivity contribution >= 4 is 0 Å². The molecule has 2 heteroatoms. The van der Waals surface area contributed by atoms with Gasteiger partial charge in [-0.05, 0) is 25.7 Å². The first-order valence-electron chi connectivity index (χ1n) is 3.96. The van der Waals surface area contributed by atoms with Crippen molar-refractivity contribution in [2.75, 3.05) is 0 Å². The fourth-order valence-electron chi connectivity index (χ4n) is 0.814. The molecule has 0 aliphatic heterocycles. The highest BCUT2D eigenvalue weighted by molar-refractivity contribution is 4.84. The second-order valence-corrected chi connectivity index (χ2v) is 3.47. The summed E-state index contributed by atoms with van der Waals surface area (Å²) in [5, 5.41) is 3.55. The molecule has 1 aliphatic rings. The Kier molecular flexibility index (Phi) is 4.30. The van der Waals surface area contributed by atoms with Crippen LogP contribution in [0.1, 0.15) is 33.6 Å². The number of rotatable bonds is 3. The van der Waals surface area contributed by atoms with Crippen molar-refractivity contribution in [2.24, 2.45) is 5.92 Å². The molecule has 1 nitrogen and oxygen atoms in total. The zero-order chi connectivity index (χ0) is 6.85. The molecule has 1 unspecified atom stereocenters. The van der Waals surface area contributed by atoms with Gasteiger partial charge >= 0.3 is 0 Å². The van der Waals surface area contributed by atoms with Crippen molar-refractivity contribution in [3.05, 3.63) is 0 Å². The monoisotopic (exact) mass is 162 g/mol. The Morgan fingerprint density at radius 1 is 1.20 bits per heavy atom. The Morgan fingerprint density at radius 2 is 1.70 bits per heavy atom. The van der Waals surface area contributed by atoms with E-state index in [1.807, 2.05) is 0 Å². The first-order valence-corrected chi connectivity index (χ1v) is 3.96. The van der Waals surface area contributed by atoms with Crippen LogP contribution in [-0.2, 0) is 0 Å². The summed E-state index contributed by atoms with van der Waals surface area (Å²) in [6.45, 7) is 6.79. The zero-order valence-electron chi connectivity index (χ0n) is 7.02. The molecule has 10 heavy (non-hydrogen) atoms. The van der Waals surface area contributed by atoms with Crippen LogP contribution in [0.2, 0.25) is 0 Å². The minimum absolute atomic E-state index is 0. The Hall–Kier alpha value is 0.250. The summed E-state index contributed by atoms with van der Waals surface area (Å²) >= 11 is 0. The third kappa shape index (κ3) is 3.43. The SMILES string of the molecule is CC(C)C(C)NC1CC1.[Cl-]. The Labute approximate surface area is 70.0 Å². The third-order valence-corrected chi connectivity index (χ3v) is 2.08. The minimum atomic E-state index is 0. The van der Waals surface area contributed by atoms with Crippen LogP contribution >= 0.6 is 0 Å². The van der Waals surface area contributed by atoms with Gasteiger partial charge in [0.1, 0.15) is 0 Å². The van der Waals surface area contributed by atoms with Gasteiger partial charge in [0.15, 0.2) is 0 Å². The molecule has 1 fully saturated rings. The van der Waals surface area contributed by atoms with E-state index in [2.05, 4.69) is 26.1 Å². The van der Waals surface area contributed by atoms with Crippen LogP contribution in [0.15, 0.2) is 0 Å². The van der Waals surface area contributed by atoms with E-state index in [-0.39, 0.29) is 12.4 Å². The van der Waals surface area contributed by atoms with Crippen LogP contribution in [0.4, 0.5) is 0 Å². The molecule has 0 bridgehead atoms. The van der Waals surface area contributed by atoms with Crippen molar-refractivity contribution in [3.63, 3.8) is 0 Å². The molecule has 0 aromatic heterocycles. The van der Waals surface area contributed by atoms with Gasteiger partial charge in [0.05, 0.1) is 0 Å². The van der Waals surface area contributed by atoms with Gasteiger partial charge in [0.25, 0.3) is 0 Å². The summed E-state index contributed by atoms with van der Waals surface area (Å²) in [6, 6.07) is 1.57. The van der Waals surface area contributed by atoms with E-state index in [0.29, 0.717) is 6.04 Å². The maximum absolute atomic E-state index is 3.55. The first-order chi connectivity index (χ1) is 4.20. The van der Waals surface area contributed by atoms with Crippen LogP contribution in [0.3, 0.4) is 0 Å². The molecule has 1 aliphatic carbocycles. The van der Waals surface area contributed by atoms with E-state index in [0.717, 1.165) is 12.0 Å². The van der Waals surface area contributed by atoms with Gasteiger partial charge in [0.2, 0.25) is 0 Å². The summed E-state index contributed by atoms with van der Waals surface area (Å²) in [6.07, 6.45) is 2.80. The molecule has 62 valence electrons. The predicted molar refractivity (Wildman–Crippen MR) is 40.5 cm³/mol. The lowest BCUT2D eigenvalue weighted by Gasteiger charge is -2.16. The maximum Gasteiger partial charge on any atom is 0.00708 e. The second kappa shape index (κ2) is 4.20. The van der Waals surface area contributed by atoms with Gasteiger partial charge < -0.3 is 17.7 Å². The number of nitrogens with one attached hydrogen (secondary N) is 1. The molecule has 1 saturated carbocycles. The van der Waals surface area contributed by atoms with Gasteiger partial charge in [0, 0.05) is 12.1 Å². The fraction of sp³-hybridized carbons (Fsp3) is 1.00. The number of halogens is 1. The second-order valence-electron chi connectivity index (χ2n) is 3.47. The Morgan fingerprint density at radius 3 is 2.00 bits per heavy atom. The predicted octanol–water partition coefficient (Wildman–Crippen LogP) is -1.21. The quantitative estimate of drug-likeness (QED) is 0.549. The van der Waals surface area contributed by atoms with E-state index in [9.17, 15) is 0 Å². The maximum atomic E-state index is 3.55. The lowest BCUT2D eigenvalue weighted by Crippen LogP contribution is -3.00. The molecule has 0 heterocycles. The fourth-order valence-corrected chi connectivity index (χ4v) is 0.814. The van der Waals surface area contributed by atoms with Crippen molar-refractivity contribution in [1.29, 1.82) is 0 Å². The van der Waals surface area contributed by atoms with Gasteiger partial charge in [-0.15, -0.1) is 0 Å². The highest BCUT2D eigenvalue weighted by Gasteiger charge is 2.23. The molecule has 0 saturated heterocycles. The van der Waals surface area contributed by atoms with E-state index in [1.54, 1.807) is 0 Å². The van der Waals surface area contributed by atoms with Crippen LogP contribution < -0.4 is 17.7 Å². The van der Waals surface area contributed by atoms with Gasteiger partial charge in [-0.25, -0.2) is 0 Å². The summed E-state index contributed by atoms with van der Waals surface area (Å²) in [5.74, 6) is 0.783. The summed E-state index contributed by atoms with van der Waals surface area (Å²) in [7, 11) is 0. The van der Waals surface area contributed by atoms with E-state index < -0.39 is 0 Å². The van der Waals surface area contributed by atoms with Gasteiger partial charge in [-0.2, -0.15) is 0 Å². The molecule has 1 rings (SSSR count). The minimum Gasteiger partial charge on any atom is -1.00 e. The smallest absolute Gasteiger partial charge is 0.00708 e. The van der Waals surface area contributed by atoms with Crippen LogP contribution in [0.25, 0.3) is 0 Å². The normalized spacial score (nSPS) is 20.4. The highest BCUT2D eigenvalue weighted by Crippen LogP contribution is 2.20. The van der Waals surface area contributed by atoms with Crippen LogP contribution in [0, 0.1) is 5.92 Å². The van der Waals surface area contributed by atoms with Crippen molar-refractivity contribution in [3.8, 4) is 0 Å². The first kappa shape index (κ1) is 10.2. The Balaban J connectivity index is 0.000000810. The van der Waals surface area contributed by atoms with Gasteiger partial charge in [-0.1, -0.05) is 13.8 Å². The van der Waals surface area contributed by atoms with Crippen molar-refractivity contribution in [2.45, 2.75) is 45.7 Å². The lowest BCUT2D eigenvalue weighted by atomic mass is 10.1. The molecular formula is C8H17ClN-. The molecule has 0 amide bonds. The summed E-state index contributed by atoms with van der Waals surface area (Å²) in [4.78, 5) is 0. The van der Waals surface area contributed by atoms with Gasteiger partial charge in [-0.3, -0.25) is 0 Å². The van der Waals surface area contributed by atoms with E-state index in [4.69, 9.17) is 0 Å². The molecule has 0 radical (unpaired) electrons. The Bertz CT molecular complexity index is 89.3. The topological polar surface area (TPSA) is 12.0 Å². The molecule has 1 N–H and O–H groups in total. The molecular weight excluding hydrogens is 146 g/mol. The highest BCUT2D eigenvalue weighted by atomic mass is 35.5. The number of hydrogen-bond donors (Lipinski definition) is 1. The third-order valence-electron chi connectivity index (χ3n) is 2.08.